The summed E-state index contributed by atoms with van der Waals surface area (Å²) in [6, 6.07) is 22.5. The Morgan fingerprint density at radius 1 is 0.889 bits per heavy atom. The van der Waals surface area contributed by atoms with Crippen LogP contribution >= 0.6 is 0 Å². The Morgan fingerprint density at radius 2 is 1.56 bits per heavy atom. The first kappa shape index (κ1) is 24.9. The molecule has 1 aliphatic rings. The molecule has 0 unspecified atom stereocenters. The van der Waals surface area contributed by atoms with E-state index in [0.29, 0.717) is 11.1 Å². The molecule has 1 saturated heterocycles. The molecule has 3 aromatic rings. The van der Waals surface area contributed by atoms with Crippen LogP contribution in [0, 0.1) is 0 Å². The number of rotatable bonds is 8. The molecule has 0 spiro atoms. The summed E-state index contributed by atoms with van der Waals surface area (Å²) in [7, 11) is 3.04. The number of methoxy groups -OCH3 is 2. The van der Waals surface area contributed by atoms with Crippen LogP contribution in [0.3, 0.4) is 0 Å². The van der Waals surface area contributed by atoms with Gasteiger partial charge in [0.15, 0.2) is 0 Å². The predicted octanol–water partition coefficient (Wildman–Crippen LogP) is 3.57. The van der Waals surface area contributed by atoms with Crippen molar-refractivity contribution in [3.63, 3.8) is 0 Å². The lowest BCUT2D eigenvalue weighted by molar-refractivity contribution is 0.0600. The molecule has 1 heterocycles. The summed E-state index contributed by atoms with van der Waals surface area (Å²) in [5.74, 6) is 0.223. The summed E-state index contributed by atoms with van der Waals surface area (Å²) in [4.78, 5) is 28.7. The van der Waals surface area contributed by atoms with E-state index in [4.69, 9.17) is 4.74 Å². The lowest BCUT2D eigenvalue weighted by Gasteiger charge is -2.36. The van der Waals surface area contributed by atoms with Crippen LogP contribution in [-0.2, 0) is 11.3 Å². The van der Waals surface area contributed by atoms with Gasteiger partial charge in [-0.25, -0.2) is 10.2 Å². The van der Waals surface area contributed by atoms with Crippen molar-refractivity contribution in [3.05, 3.63) is 95.1 Å². The summed E-state index contributed by atoms with van der Waals surface area (Å²) in [5.41, 5.74) is 6.58. The third-order valence-corrected chi connectivity index (χ3v) is 6.13. The summed E-state index contributed by atoms with van der Waals surface area (Å²) in [6.45, 7) is 4.61. The second-order valence-corrected chi connectivity index (χ2v) is 8.44. The van der Waals surface area contributed by atoms with E-state index in [2.05, 4.69) is 31.1 Å². The number of carbonyl (C=O) groups excluding carboxylic acids is 2. The van der Waals surface area contributed by atoms with E-state index < -0.39 is 5.97 Å². The number of hydrogen-bond donors (Lipinski definition) is 1. The Morgan fingerprint density at radius 3 is 2.22 bits per heavy atom. The van der Waals surface area contributed by atoms with Gasteiger partial charge in [-0.2, -0.15) is 5.10 Å². The molecule has 0 atom stereocenters. The zero-order valence-electron chi connectivity index (χ0n) is 20.5. The number of carbonyl (C=O) groups is 2. The fraction of sp³-hybridized carbons (Fsp3) is 0.250. The molecule has 0 aromatic heterocycles. The SMILES string of the molecule is COC(=O)c1ccc(/C=N/NC(=O)c2ccc(CN3CCN(c4ccccc4OC)CC3)cc2)cc1. The van der Waals surface area contributed by atoms with Gasteiger partial charge in [-0.15, -0.1) is 0 Å². The number of benzene rings is 3. The number of hydrazone groups is 1. The van der Waals surface area contributed by atoms with Crippen molar-refractivity contribution in [2.75, 3.05) is 45.3 Å². The van der Waals surface area contributed by atoms with Crippen LogP contribution < -0.4 is 15.1 Å². The van der Waals surface area contributed by atoms with Gasteiger partial charge in [0.2, 0.25) is 0 Å². The predicted molar refractivity (Wildman–Crippen MR) is 140 cm³/mol. The number of anilines is 1. The van der Waals surface area contributed by atoms with Crippen molar-refractivity contribution in [2.24, 2.45) is 5.10 Å². The zero-order chi connectivity index (χ0) is 25.3. The van der Waals surface area contributed by atoms with Crippen LogP contribution in [0.4, 0.5) is 5.69 Å². The quantitative estimate of drug-likeness (QED) is 0.298. The highest BCUT2D eigenvalue weighted by Gasteiger charge is 2.19. The average Bonchev–Trinajstić information content (AvgIpc) is 2.93. The first-order chi connectivity index (χ1) is 17.6. The minimum Gasteiger partial charge on any atom is -0.495 e. The maximum Gasteiger partial charge on any atom is 0.337 e. The normalized spacial score (nSPS) is 14.0. The summed E-state index contributed by atoms with van der Waals surface area (Å²) in [5, 5.41) is 4.01. The average molecular weight is 487 g/mol. The van der Waals surface area contributed by atoms with Crippen LogP contribution in [-0.4, -0.2) is 63.4 Å². The standard InChI is InChI=1S/C28H30N4O4/c1-35-26-6-4-3-5-25(26)32-17-15-31(16-18-32)20-22-9-11-23(12-10-22)27(33)30-29-19-21-7-13-24(14-8-21)28(34)36-2/h3-14,19H,15-18,20H2,1-2H3,(H,30,33)/b29-19+. The van der Waals surface area contributed by atoms with Crippen LogP contribution in [0.5, 0.6) is 5.75 Å². The van der Waals surface area contributed by atoms with Crippen molar-refractivity contribution >= 4 is 23.8 Å². The van der Waals surface area contributed by atoms with Crippen LogP contribution in [0.25, 0.3) is 0 Å². The van der Waals surface area contributed by atoms with Gasteiger partial charge in [0.1, 0.15) is 5.75 Å². The molecule has 0 aliphatic carbocycles. The molecule has 1 fully saturated rings. The van der Waals surface area contributed by atoms with E-state index in [1.807, 2.05) is 42.5 Å². The van der Waals surface area contributed by atoms with E-state index >= 15 is 0 Å². The number of nitrogens with zero attached hydrogens (tertiary/aromatic N) is 3. The number of ether oxygens (including phenoxy) is 2. The molecule has 36 heavy (non-hydrogen) atoms. The molecule has 186 valence electrons. The lowest BCUT2D eigenvalue weighted by Crippen LogP contribution is -2.46. The minimum atomic E-state index is -0.398. The van der Waals surface area contributed by atoms with Crippen molar-refractivity contribution < 1.29 is 19.1 Å². The highest BCUT2D eigenvalue weighted by Crippen LogP contribution is 2.28. The van der Waals surface area contributed by atoms with Gasteiger partial charge >= 0.3 is 5.97 Å². The number of piperazine rings is 1. The molecule has 1 N–H and O–H groups in total. The van der Waals surface area contributed by atoms with Gasteiger partial charge < -0.3 is 14.4 Å². The largest absolute Gasteiger partial charge is 0.495 e. The molecule has 0 bridgehead atoms. The van der Waals surface area contributed by atoms with Crippen molar-refractivity contribution in [3.8, 4) is 5.75 Å². The molecular weight excluding hydrogens is 456 g/mol. The van der Waals surface area contributed by atoms with Crippen molar-refractivity contribution in [2.45, 2.75) is 6.54 Å². The van der Waals surface area contributed by atoms with Crippen LogP contribution in [0.15, 0.2) is 77.9 Å². The monoisotopic (exact) mass is 486 g/mol. The third-order valence-electron chi connectivity index (χ3n) is 6.13. The summed E-state index contributed by atoms with van der Waals surface area (Å²) >= 11 is 0. The van der Waals surface area contributed by atoms with E-state index in [0.717, 1.165) is 55.3 Å². The molecule has 1 amide bonds. The number of hydrogen-bond acceptors (Lipinski definition) is 7. The molecule has 3 aromatic carbocycles. The Hall–Kier alpha value is -4.17. The molecule has 1 aliphatic heterocycles. The second kappa shape index (κ2) is 12.0. The van der Waals surface area contributed by atoms with Crippen LogP contribution in [0.1, 0.15) is 31.8 Å². The maximum absolute atomic E-state index is 12.4. The van der Waals surface area contributed by atoms with Crippen molar-refractivity contribution in [1.29, 1.82) is 0 Å². The number of esters is 1. The fourth-order valence-corrected chi connectivity index (χ4v) is 4.11. The number of amides is 1. The van der Waals surface area contributed by atoms with E-state index in [9.17, 15) is 9.59 Å². The molecular formula is C28H30N4O4. The zero-order valence-corrected chi connectivity index (χ0v) is 20.5. The van der Waals surface area contributed by atoms with E-state index in [1.165, 1.54) is 13.3 Å². The first-order valence-corrected chi connectivity index (χ1v) is 11.8. The Labute approximate surface area is 211 Å². The number of para-hydroxylation sites is 2. The highest BCUT2D eigenvalue weighted by atomic mass is 16.5. The Bertz CT molecular complexity index is 1200. The van der Waals surface area contributed by atoms with E-state index in [-0.39, 0.29) is 5.91 Å². The first-order valence-electron chi connectivity index (χ1n) is 11.8. The highest BCUT2D eigenvalue weighted by molar-refractivity contribution is 5.95. The number of nitrogens with one attached hydrogen (secondary N) is 1. The second-order valence-electron chi connectivity index (χ2n) is 8.44. The molecule has 0 saturated carbocycles. The fourth-order valence-electron chi connectivity index (χ4n) is 4.11. The van der Waals surface area contributed by atoms with Gasteiger partial charge in [0.25, 0.3) is 5.91 Å². The molecule has 0 radical (unpaired) electrons. The summed E-state index contributed by atoms with van der Waals surface area (Å²) < 4.78 is 10.2. The lowest BCUT2D eigenvalue weighted by atomic mass is 10.1. The van der Waals surface area contributed by atoms with Gasteiger partial charge in [-0.1, -0.05) is 36.4 Å². The molecule has 8 heteroatoms. The van der Waals surface area contributed by atoms with Gasteiger partial charge in [0.05, 0.1) is 31.7 Å². The van der Waals surface area contributed by atoms with Crippen LogP contribution in [0.2, 0.25) is 0 Å². The molecule has 8 nitrogen and oxygen atoms in total. The summed E-state index contributed by atoms with van der Waals surface area (Å²) in [6.07, 6.45) is 1.53. The topological polar surface area (TPSA) is 83.5 Å². The third kappa shape index (κ3) is 6.28. The molecule has 4 rings (SSSR count). The Kier molecular flexibility index (Phi) is 8.31. The van der Waals surface area contributed by atoms with Gasteiger partial charge in [0, 0.05) is 38.3 Å². The maximum atomic E-state index is 12.4. The van der Waals surface area contributed by atoms with E-state index in [1.54, 1.807) is 31.4 Å². The van der Waals surface area contributed by atoms with Gasteiger partial charge in [-0.3, -0.25) is 9.69 Å². The van der Waals surface area contributed by atoms with Crippen molar-refractivity contribution in [1.82, 2.24) is 10.3 Å². The minimum absolute atomic E-state index is 0.283. The van der Waals surface area contributed by atoms with Gasteiger partial charge in [-0.05, 0) is 47.5 Å². The Balaban J connectivity index is 1.25. The smallest absolute Gasteiger partial charge is 0.337 e.